The molecule has 19 heteroatoms. The molecule has 1 aliphatic carbocycles. The van der Waals surface area contributed by atoms with Gasteiger partial charge in [0.25, 0.3) is 0 Å². The van der Waals surface area contributed by atoms with Crippen LogP contribution in [0.5, 0.6) is 11.5 Å². The van der Waals surface area contributed by atoms with Crippen molar-refractivity contribution in [3.8, 4) is 11.5 Å². The Morgan fingerprint density at radius 2 is 1.68 bits per heavy atom. The number of nitrogens with two attached hydrogens (primary N) is 2. The topological polar surface area (TPSA) is 291 Å². The first-order valence-corrected chi connectivity index (χ1v) is 19.6. The number of carbonyl (C=O) groups excluding carboxylic acids is 4. The van der Waals surface area contributed by atoms with Crippen molar-refractivity contribution in [1.82, 2.24) is 4.98 Å². The molecule has 0 spiro atoms. The fourth-order valence-electron chi connectivity index (χ4n) is 7.71. The molecule has 0 bridgehead atoms. The number of aliphatic imine (C=N–C) groups is 3. The van der Waals surface area contributed by atoms with Crippen LogP contribution in [-0.4, -0.2) is 130 Å². The van der Waals surface area contributed by atoms with Gasteiger partial charge in [0.05, 0.1) is 24.9 Å². The van der Waals surface area contributed by atoms with E-state index in [0.717, 1.165) is 5.56 Å². The fourth-order valence-corrected chi connectivity index (χ4v) is 7.71. The Morgan fingerprint density at radius 1 is 0.919 bits per heavy atom. The van der Waals surface area contributed by atoms with Gasteiger partial charge in [0.2, 0.25) is 12.2 Å². The standard InChI is InChI=1S/C43H41N7O12/c44-30-15-21(9-12-46-30)11-14-59-39-36(57)35(56)29(18-52)61-42(39)62-37-23(16-22-5-1-4-8-28(22)50-20-47-32-40(50)48-43(45)49-41(32)58)17-27-31(38(37)60-19-24(53)10-13-51)34(55)26-7-3-2-6-25(26)33(27)54/h1-9,12-13,15,17,24,29,35-36,39,42,52-53,56-57H,10-11,14,16,18-20H2,(H2,44,46)(H2,45,49,58)/t24-,29+,35+,36-,39+,42-/m1/s1. The largest absolute Gasteiger partial charge is 0.486 e. The molecule has 0 saturated carbocycles. The number of fused-ring (bicyclic) bond motifs is 3. The summed E-state index contributed by atoms with van der Waals surface area (Å²) in [5, 5.41) is 43.4. The number of guanidine groups is 1. The van der Waals surface area contributed by atoms with Crippen LogP contribution in [0.3, 0.4) is 0 Å². The number of anilines is 2. The maximum atomic E-state index is 14.5. The molecular weight excluding hydrogens is 807 g/mol. The molecule has 19 nitrogen and oxygen atoms in total. The highest BCUT2D eigenvalue weighted by molar-refractivity contribution is 6.72. The molecule has 1 fully saturated rings. The number of aliphatic hydroxyl groups excluding tert-OH is 4. The van der Waals surface area contributed by atoms with Gasteiger partial charge in [-0.1, -0.05) is 42.5 Å². The summed E-state index contributed by atoms with van der Waals surface area (Å²) in [5.74, 6) is -2.03. The third-order valence-corrected chi connectivity index (χ3v) is 10.7. The van der Waals surface area contributed by atoms with Crippen LogP contribution in [0.2, 0.25) is 0 Å². The Hall–Kier alpha value is -6.74. The molecule has 8 N–H and O–H groups in total. The van der Waals surface area contributed by atoms with Crippen molar-refractivity contribution in [1.29, 1.82) is 0 Å². The maximum Gasteiger partial charge on any atom is 0.302 e. The van der Waals surface area contributed by atoms with Crippen LogP contribution >= 0.6 is 0 Å². The molecule has 6 atom stereocenters. The number of aldehydes is 1. The van der Waals surface area contributed by atoms with E-state index in [0.29, 0.717) is 24.0 Å². The zero-order valence-electron chi connectivity index (χ0n) is 32.9. The number of pyridine rings is 1. The van der Waals surface area contributed by atoms with Gasteiger partial charge in [0.15, 0.2) is 34.6 Å². The third kappa shape index (κ3) is 8.07. The average molecular weight is 848 g/mol. The van der Waals surface area contributed by atoms with E-state index in [9.17, 15) is 39.6 Å². The zero-order valence-corrected chi connectivity index (χ0v) is 32.9. The number of carbonyl (C=O) groups is 4. The van der Waals surface area contributed by atoms with Crippen molar-refractivity contribution in [2.45, 2.75) is 56.1 Å². The summed E-state index contributed by atoms with van der Waals surface area (Å²) in [6, 6.07) is 18.1. The second-order valence-corrected chi connectivity index (χ2v) is 14.8. The molecule has 320 valence electrons. The van der Waals surface area contributed by atoms with Crippen molar-refractivity contribution in [2.75, 3.05) is 37.1 Å². The number of nitrogen functional groups attached to an aromatic ring is 1. The van der Waals surface area contributed by atoms with E-state index in [1.807, 2.05) is 0 Å². The summed E-state index contributed by atoms with van der Waals surface area (Å²) in [4.78, 5) is 70.9. The Bertz CT molecular complexity index is 2540. The maximum absolute atomic E-state index is 14.5. The average Bonchev–Trinajstić information content (AvgIpc) is 3.69. The van der Waals surface area contributed by atoms with E-state index in [4.69, 9.17) is 30.4 Å². The molecule has 8 rings (SSSR count). The summed E-state index contributed by atoms with van der Waals surface area (Å²) >= 11 is 0. The molecule has 3 aliphatic heterocycles. The number of ketones is 2. The molecule has 0 unspecified atom stereocenters. The second-order valence-electron chi connectivity index (χ2n) is 14.8. The Morgan fingerprint density at radius 3 is 2.44 bits per heavy atom. The van der Waals surface area contributed by atoms with Crippen LogP contribution in [0.1, 0.15) is 55.0 Å². The van der Waals surface area contributed by atoms with E-state index in [-0.39, 0.29) is 88.8 Å². The van der Waals surface area contributed by atoms with Gasteiger partial charge in [-0.2, -0.15) is 9.98 Å². The first kappa shape index (κ1) is 42.0. The zero-order chi connectivity index (χ0) is 43.7. The van der Waals surface area contributed by atoms with E-state index >= 15 is 0 Å². The number of hydrogen-bond donors (Lipinski definition) is 6. The molecule has 4 aromatic rings. The van der Waals surface area contributed by atoms with Crippen molar-refractivity contribution in [3.63, 3.8) is 0 Å². The van der Waals surface area contributed by atoms with Gasteiger partial charge in [-0.15, -0.1) is 0 Å². The molecule has 1 saturated heterocycles. The summed E-state index contributed by atoms with van der Waals surface area (Å²) in [6.45, 7) is -1.32. The van der Waals surface area contributed by atoms with Crippen LogP contribution in [0.25, 0.3) is 0 Å². The number of aliphatic hydroxyl groups is 4. The number of rotatable bonds is 15. The predicted octanol–water partition coefficient (Wildman–Crippen LogP) is 0.276. The van der Waals surface area contributed by atoms with E-state index in [1.54, 1.807) is 53.4 Å². The number of amides is 1. The smallest absolute Gasteiger partial charge is 0.302 e. The monoisotopic (exact) mass is 847 g/mol. The van der Waals surface area contributed by atoms with Gasteiger partial charge in [0, 0.05) is 47.0 Å². The van der Waals surface area contributed by atoms with Crippen LogP contribution in [0, 0.1) is 0 Å². The molecule has 1 aromatic heterocycles. The summed E-state index contributed by atoms with van der Waals surface area (Å²) in [7, 11) is 0. The number of nitrogens with zero attached hydrogens (tertiary/aromatic N) is 5. The molecular formula is C43H41N7O12. The van der Waals surface area contributed by atoms with Crippen LogP contribution < -0.4 is 25.8 Å². The second kappa shape index (κ2) is 17.7. The lowest BCUT2D eigenvalue weighted by molar-refractivity contribution is -0.287. The first-order valence-electron chi connectivity index (χ1n) is 19.6. The highest BCUT2D eigenvalue weighted by Crippen LogP contribution is 2.45. The van der Waals surface area contributed by atoms with E-state index in [1.165, 1.54) is 24.4 Å². The number of ether oxygens (including phenoxy) is 4. The number of para-hydroxylation sites is 1. The fraction of sp³-hybridized carbons (Fsp3) is 0.302. The lowest BCUT2D eigenvalue weighted by Gasteiger charge is -2.42. The molecule has 62 heavy (non-hydrogen) atoms. The minimum atomic E-state index is -1.68. The number of aromatic nitrogens is 1. The summed E-state index contributed by atoms with van der Waals surface area (Å²) in [5.41, 5.74) is 13.8. The predicted molar refractivity (Wildman–Crippen MR) is 221 cm³/mol. The Kier molecular flexibility index (Phi) is 12.0. The normalized spacial score (nSPS) is 22.2. The van der Waals surface area contributed by atoms with E-state index in [2.05, 4.69) is 20.0 Å². The quantitative estimate of drug-likeness (QED) is 0.0771. The number of amidine groups is 1. The van der Waals surface area contributed by atoms with Crippen molar-refractivity contribution >= 4 is 52.8 Å². The SMILES string of the molecule is NC1=NC(=O)C2=NCN(c3ccccc3Cc3cc4c(c(OC[C@H](O)CC=O)c3O[C@H]3O[C@@H](CO)[C@H](O)[C@@H](O)[C@@H]3OCCc3ccnc(N)c3)C(=O)c3ccccc3C4=O)C2=N1. The van der Waals surface area contributed by atoms with Crippen molar-refractivity contribution in [3.05, 3.63) is 112 Å². The minimum absolute atomic E-state index is 0.0101. The van der Waals surface area contributed by atoms with Crippen molar-refractivity contribution in [2.24, 2.45) is 20.7 Å². The van der Waals surface area contributed by atoms with Gasteiger partial charge in [-0.05, 0) is 41.8 Å². The van der Waals surface area contributed by atoms with Gasteiger partial charge in [0.1, 0.15) is 49.8 Å². The Labute approximate surface area is 353 Å². The van der Waals surface area contributed by atoms with Gasteiger partial charge in [-0.25, -0.2) is 4.98 Å². The van der Waals surface area contributed by atoms with Crippen LogP contribution in [-0.2, 0) is 31.9 Å². The summed E-state index contributed by atoms with van der Waals surface area (Å²) < 4.78 is 25.1. The minimum Gasteiger partial charge on any atom is -0.486 e. The third-order valence-electron chi connectivity index (χ3n) is 10.7. The highest BCUT2D eigenvalue weighted by Gasteiger charge is 2.48. The van der Waals surface area contributed by atoms with Crippen LogP contribution in [0.4, 0.5) is 11.5 Å². The highest BCUT2D eigenvalue weighted by atomic mass is 16.7. The van der Waals surface area contributed by atoms with Gasteiger partial charge in [-0.3, -0.25) is 19.4 Å². The lowest BCUT2D eigenvalue weighted by Crippen LogP contribution is -2.61. The number of benzene rings is 3. The Balaban J connectivity index is 1.26. The molecule has 3 aromatic carbocycles. The van der Waals surface area contributed by atoms with E-state index < -0.39 is 67.5 Å². The molecule has 4 aliphatic rings. The first-order chi connectivity index (χ1) is 30.0. The molecule has 4 heterocycles. The number of hydrogen-bond acceptors (Lipinski definition) is 18. The van der Waals surface area contributed by atoms with Gasteiger partial charge < -0.3 is 60.5 Å². The molecule has 1 amide bonds. The van der Waals surface area contributed by atoms with Crippen molar-refractivity contribution < 1.29 is 58.6 Å². The summed E-state index contributed by atoms with van der Waals surface area (Å²) in [6.07, 6.45) is -7.13. The lowest BCUT2D eigenvalue weighted by atomic mass is 9.81. The van der Waals surface area contributed by atoms with Gasteiger partial charge >= 0.3 is 5.91 Å². The van der Waals surface area contributed by atoms with Crippen LogP contribution in [0.15, 0.2) is 87.9 Å². The molecule has 0 radical (unpaired) electrons.